The highest BCUT2D eigenvalue weighted by atomic mass is 16.5. The Hall–Kier alpha value is -1.83. The number of hydrogen-bond acceptors (Lipinski definition) is 5. The van der Waals surface area contributed by atoms with E-state index in [4.69, 9.17) is 9.47 Å². The average molecular weight is 432 g/mol. The summed E-state index contributed by atoms with van der Waals surface area (Å²) < 4.78 is 11.1. The molecule has 0 spiro atoms. The Morgan fingerprint density at radius 1 is 1.19 bits per heavy atom. The number of benzene rings is 1. The molecule has 2 heterocycles. The summed E-state index contributed by atoms with van der Waals surface area (Å²) in [4.78, 5) is 9.75. The van der Waals surface area contributed by atoms with Gasteiger partial charge in [0.25, 0.3) is 0 Å². The van der Waals surface area contributed by atoms with Gasteiger partial charge in [-0.3, -0.25) is 9.89 Å². The smallest absolute Gasteiger partial charge is 0.191 e. The molecule has 7 nitrogen and oxygen atoms in total. The van der Waals surface area contributed by atoms with Crippen molar-refractivity contribution in [1.82, 2.24) is 15.5 Å². The van der Waals surface area contributed by atoms with Gasteiger partial charge in [0, 0.05) is 64.7 Å². The van der Waals surface area contributed by atoms with Crippen LogP contribution in [0.25, 0.3) is 0 Å². The SMILES string of the molecule is CCNC(=NCCCOC1CCOC1)NCCCN1CCN(c2cccc(C)c2)CC1. The van der Waals surface area contributed by atoms with Crippen LogP contribution in [0.2, 0.25) is 0 Å². The van der Waals surface area contributed by atoms with Crippen LogP contribution < -0.4 is 15.5 Å². The van der Waals surface area contributed by atoms with Crippen molar-refractivity contribution in [3.8, 4) is 0 Å². The molecule has 3 rings (SSSR count). The molecule has 0 aromatic heterocycles. The summed E-state index contributed by atoms with van der Waals surface area (Å²) in [6, 6.07) is 8.83. The number of hydrogen-bond donors (Lipinski definition) is 2. The fraction of sp³-hybridized carbons (Fsp3) is 0.708. The Balaban J connectivity index is 1.26. The number of piperazine rings is 1. The number of aryl methyl sites for hydroxylation is 1. The van der Waals surface area contributed by atoms with Gasteiger partial charge in [0.1, 0.15) is 0 Å². The summed E-state index contributed by atoms with van der Waals surface area (Å²) in [5.74, 6) is 0.913. The van der Waals surface area contributed by atoms with E-state index in [9.17, 15) is 0 Å². The second-order valence-electron chi connectivity index (χ2n) is 8.42. The fourth-order valence-corrected chi connectivity index (χ4v) is 4.06. The molecule has 2 saturated heterocycles. The van der Waals surface area contributed by atoms with Gasteiger partial charge in [0.2, 0.25) is 0 Å². The molecule has 2 aliphatic heterocycles. The standard InChI is InChI=1S/C24H41N5O2/c1-3-25-24(27-11-6-17-31-23-9-18-30-20-23)26-10-5-12-28-13-15-29(16-14-28)22-8-4-7-21(2)19-22/h4,7-8,19,23H,3,5-6,9-18,20H2,1-2H3,(H2,25,26,27). The number of anilines is 1. The number of aliphatic imine (C=N–C) groups is 1. The van der Waals surface area contributed by atoms with Crippen molar-refractivity contribution in [3.05, 3.63) is 29.8 Å². The second-order valence-corrected chi connectivity index (χ2v) is 8.42. The molecule has 0 bridgehead atoms. The van der Waals surface area contributed by atoms with Gasteiger partial charge in [0.15, 0.2) is 5.96 Å². The van der Waals surface area contributed by atoms with E-state index in [2.05, 4.69) is 63.5 Å². The molecule has 1 atom stereocenters. The third kappa shape index (κ3) is 8.67. The lowest BCUT2D eigenvalue weighted by molar-refractivity contribution is 0.0424. The van der Waals surface area contributed by atoms with Crippen LogP contribution in [0.15, 0.2) is 29.3 Å². The number of ether oxygens (including phenoxy) is 2. The minimum atomic E-state index is 0.286. The van der Waals surface area contributed by atoms with Crippen molar-refractivity contribution < 1.29 is 9.47 Å². The molecule has 1 unspecified atom stereocenters. The maximum absolute atomic E-state index is 5.81. The molecular formula is C24H41N5O2. The molecule has 1 aromatic rings. The predicted molar refractivity (Wildman–Crippen MR) is 128 cm³/mol. The highest BCUT2D eigenvalue weighted by molar-refractivity contribution is 5.79. The van der Waals surface area contributed by atoms with Crippen LogP contribution in [0.3, 0.4) is 0 Å². The van der Waals surface area contributed by atoms with E-state index in [0.717, 1.165) is 97.4 Å². The summed E-state index contributed by atoms with van der Waals surface area (Å²) in [5.41, 5.74) is 2.69. The van der Waals surface area contributed by atoms with Crippen LogP contribution in [-0.2, 0) is 9.47 Å². The van der Waals surface area contributed by atoms with Gasteiger partial charge in [0.05, 0.1) is 12.7 Å². The first-order valence-corrected chi connectivity index (χ1v) is 12.0. The Morgan fingerprint density at radius 2 is 2.06 bits per heavy atom. The fourth-order valence-electron chi connectivity index (χ4n) is 4.06. The van der Waals surface area contributed by atoms with Crippen molar-refractivity contribution in [1.29, 1.82) is 0 Å². The van der Waals surface area contributed by atoms with Crippen LogP contribution in [0.1, 0.15) is 31.7 Å². The maximum atomic E-state index is 5.81. The van der Waals surface area contributed by atoms with Gasteiger partial charge in [-0.1, -0.05) is 12.1 Å². The minimum absolute atomic E-state index is 0.286. The molecule has 2 fully saturated rings. The number of rotatable bonds is 11. The maximum Gasteiger partial charge on any atom is 0.191 e. The zero-order valence-corrected chi connectivity index (χ0v) is 19.4. The largest absolute Gasteiger partial charge is 0.379 e. The van der Waals surface area contributed by atoms with Crippen LogP contribution in [0.4, 0.5) is 5.69 Å². The lowest BCUT2D eigenvalue weighted by atomic mass is 10.2. The number of guanidine groups is 1. The first kappa shape index (κ1) is 23.8. The summed E-state index contributed by atoms with van der Waals surface area (Å²) >= 11 is 0. The normalized spacial score (nSPS) is 20.3. The van der Waals surface area contributed by atoms with E-state index in [1.54, 1.807) is 0 Å². The molecule has 0 aliphatic carbocycles. The van der Waals surface area contributed by atoms with E-state index in [-0.39, 0.29) is 6.10 Å². The minimum Gasteiger partial charge on any atom is -0.379 e. The van der Waals surface area contributed by atoms with E-state index in [0.29, 0.717) is 0 Å². The van der Waals surface area contributed by atoms with Crippen molar-refractivity contribution in [2.45, 2.75) is 39.2 Å². The van der Waals surface area contributed by atoms with E-state index >= 15 is 0 Å². The molecule has 1 aromatic carbocycles. The number of nitrogens with zero attached hydrogens (tertiary/aromatic N) is 3. The predicted octanol–water partition coefficient (Wildman–Crippen LogP) is 2.26. The van der Waals surface area contributed by atoms with Gasteiger partial charge in [-0.15, -0.1) is 0 Å². The van der Waals surface area contributed by atoms with Crippen LogP contribution in [0, 0.1) is 6.92 Å². The molecule has 0 saturated carbocycles. The Kier molecular flexibility index (Phi) is 10.4. The monoisotopic (exact) mass is 431 g/mol. The number of nitrogens with one attached hydrogen (secondary N) is 2. The molecule has 0 amide bonds. The Labute approximate surface area is 188 Å². The van der Waals surface area contributed by atoms with Gasteiger partial charge >= 0.3 is 0 Å². The lowest BCUT2D eigenvalue weighted by Crippen LogP contribution is -2.47. The van der Waals surface area contributed by atoms with Crippen LogP contribution in [0.5, 0.6) is 0 Å². The lowest BCUT2D eigenvalue weighted by Gasteiger charge is -2.36. The first-order chi connectivity index (χ1) is 15.2. The highest BCUT2D eigenvalue weighted by Gasteiger charge is 2.17. The van der Waals surface area contributed by atoms with Gasteiger partial charge in [-0.25, -0.2) is 0 Å². The summed E-state index contributed by atoms with van der Waals surface area (Å²) in [6.07, 6.45) is 3.38. The third-order valence-electron chi connectivity index (χ3n) is 5.84. The summed E-state index contributed by atoms with van der Waals surface area (Å²) in [6.45, 7) is 14.8. The highest BCUT2D eigenvalue weighted by Crippen LogP contribution is 2.17. The Morgan fingerprint density at radius 3 is 2.81 bits per heavy atom. The third-order valence-corrected chi connectivity index (χ3v) is 5.84. The molecule has 2 N–H and O–H groups in total. The van der Waals surface area contributed by atoms with Crippen molar-refractivity contribution in [2.75, 3.05) is 77.1 Å². The first-order valence-electron chi connectivity index (χ1n) is 12.0. The summed E-state index contributed by atoms with van der Waals surface area (Å²) in [7, 11) is 0. The van der Waals surface area contributed by atoms with E-state index in [1.165, 1.54) is 11.3 Å². The Bertz CT molecular complexity index is 655. The van der Waals surface area contributed by atoms with Gasteiger partial charge in [-0.2, -0.15) is 0 Å². The van der Waals surface area contributed by atoms with E-state index in [1.807, 2.05) is 0 Å². The second kappa shape index (κ2) is 13.6. The molecule has 31 heavy (non-hydrogen) atoms. The molecule has 174 valence electrons. The zero-order chi connectivity index (χ0) is 21.7. The quantitative estimate of drug-likeness (QED) is 0.318. The zero-order valence-electron chi connectivity index (χ0n) is 19.4. The van der Waals surface area contributed by atoms with Crippen molar-refractivity contribution in [3.63, 3.8) is 0 Å². The van der Waals surface area contributed by atoms with Crippen LogP contribution in [-0.4, -0.2) is 89.1 Å². The van der Waals surface area contributed by atoms with Crippen molar-refractivity contribution >= 4 is 11.6 Å². The van der Waals surface area contributed by atoms with Gasteiger partial charge < -0.3 is 25.0 Å². The average Bonchev–Trinajstić information content (AvgIpc) is 3.30. The molecule has 2 aliphatic rings. The topological polar surface area (TPSA) is 61.4 Å². The summed E-state index contributed by atoms with van der Waals surface area (Å²) in [5, 5.41) is 6.81. The molecular weight excluding hydrogens is 390 g/mol. The molecule has 7 heteroatoms. The van der Waals surface area contributed by atoms with Crippen LogP contribution >= 0.6 is 0 Å². The molecule has 0 radical (unpaired) electrons. The van der Waals surface area contributed by atoms with Gasteiger partial charge in [-0.05, 0) is 57.4 Å². The van der Waals surface area contributed by atoms with Crippen molar-refractivity contribution in [2.24, 2.45) is 4.99 Å². The van der Waals surface area contributed by atoms with E-state index < -0.39 is 0 Å².